The van der Waals surface area contributed by atoms with E-state index in [1.165, 1.54) is 10.5 Å². The molecule has 3 amide bonds. The van der Waals surface area contributed by atoms with Gasteiger partial charge in [0.1, 0.15) is 5.54 Å². The van der Waals surface area contributed by atoms with Crippen LogP contribution in [0.25, 0.3) is 0 Å². The molecule has 4 nitrogen and oxygen atoms in total. The highest BCUT2D eigenvalue weighted by molar-refractivity contribution is 6.07. The first-order chi connectivity index (χ1) is 11.4. The lowest BCUT2D eigenvalue weighted by Crippen LogP contribution is -2.40. The smallest absolute Gasteiger partial charge is 0.319 e. The molecule has 0 spiro atoms. The minimum atomic E-state index is -1.00. The minimum absolute atomic E-state index is 0.216. The standard InChI is InChI=1S/C20H22N2O2/c1-14(2)16-11-9-15(10-12-16)13-22-18(23)20(3,21-19(22)24)17-7-5-4-6-8-17/h4-12,14H,13H2,1-3H3,(H,21,24)/t20-/m1/s1. The van der Waals surface area contributed by atoms with E-state index in [9.17, 15) is 9.59 Å². The van der Waals surface area contributed by atoms with E-state index in [0.717, 1.165) is 11.1 Å². The number of rotatable bonds is 4. The van der Waals surface area contributed by atoms with E-state index >= 15 is 0 Å². The van der Waals surface area contributed by atoms with Gasteiger partial charge in [-0.25, -0.2) is 4.79 Å². The summed E-state index contributed by atoms with van der Waals surface area (Å²) in [5.74, 6) is 0.240. The fourth-order valence-electron chi connectivity index (χ4n) is 3.00. The number of nitrogens with one attached hydrogen (secondary N) is 1. The summed E-state index contributed by atoms with van der Waals surface area (Å²) >= 11 is 0. The van der Waals surface area contributed by atoms with Crippen molar-refractivity contribution in [2.24, 2.45) is 0 Å². The second-order valence-electron chi connectivity index (χ2n) is 6.71. The molecule has 24 heavy (non-hydrogen) atoms. The zero-order chi connectivity index (χ0) is 17.3. The van der Waals surface area contributed by atoms with Crippen molar-refractivity contribution in [2.75, 3.05) is 0 Å². The zero-order valence-electron chi connectivity index (χ0n) is 14.2. The number of carbonyl (C=O) groups is 2. The van der Waals surface area contributed by atoms with Gasteiger partial charge in [-0.3, -0.25) is 9.69 Å². The molecule has 1 aliphatic heterocycles. The van der Waals surface area contributed by atoms with Gasteiger partial charge in [0, 0.05) is 0 Å². The molecule has 2 aromatic carbocycles. The Hall–Kier alpha value is -2.62. The van der Waals surface area contributed by atoms with Crippen molar-refractivity contribution in [3.63, 3.8) is 0 Å². The van der Waals surface area contributed by atoms with Crippen LogP contribution >= 0.6 is 0 Å². The average Bonchev–Trinajstić information content (AvgIpc) is 2.80. The number of hydrogen-bond acceptors (Lipinski definition) is 2. The first-order valence-corrected chi connectivity index (χ1v) is 8.20. The minimum Gasteiger partial charge on any atom is -0.319 e. The van der Waals surface area contributed by atoms with Gasteiger partial charge < -0.3 is 5.32 Å². The quantitative estimate of drug-likeness (QED) is 0.871. The molecule has 4 heteroatoms. The van der Waals surface area contributed by atoms with Gasteiger partial charge >= 0.3 is 6.03 Å². The SMILES string of the molecule is CC(C)c1ccc(CN2C(=O)N[C@](C)(c3ccccc3)C2=O)cc1. The van der Waals surface area contributed by atoms with E-state index in [1.54, 1.807) is 6.92 Å². The highest BCUT2D eigenvalue weighted by Gasteiger charge is 2.48. The summed E-state index contributed by atoms with van der Waals surface area (Å²) in [6, 6.07) is 17.1. The van der Waals surface area contributed by atoms with Crippen LogP contribution < -0.4 is 5.32 Å². The normalized spacial score (nSPS) is 20.6. The third kappa shape index (κ3) is 2.80. The first kappa shape index (κ1) is 16.2. The molecule has 0 bridgehead atoms. The van der Waals surface area contributed by atoms with Crippen LogP contribution in [0.4, 0.5) is 4.79 Å². The van der Waals surface area contributed by atoms with Crippen molar-refractivity contribution in [3.05, 3.63) is 71.3 Å². The van der Waals surface area contributed by atoms with Crippen LogP contribution in [0.5, 0.6) is 0 Å². The van der Waals surface area contributed by atoms with Gasteiger partial charge in [-0.1, -0.05) is 68.4 Å². The van der Waals surface area contributed by atoms with Crippen molar-refractivity contribution in [1.29, 1.82) is 0 Å². The van der Waals surface area contributed by atoms with Gasteiger partial charge in [-0.15, -0.1) is 0 Å². The van der Waals surface area contributed by atoms with Crippen molar-refractivity contribution in [3.8, 4) is 0 Å². The summed E-state index contributed by atoms with van der Waals surface area (Å²) in [7, 11) is 0. The lowest BCUT2D eigenvalue weighted by atomic mass is 9.92. The summed E-state index contributed by atoms with van der Waals surface area (Å²) in [6.07, 6.45) is 0. The Bertz CT molecular complexity index is 753. The predicted molar refractivity (Wildman–Crippen MR) is 93.4 cm³/mol. The fourth-order valence-corrected chi connectivity index (χ4v) is 3.00. The Morgan fingerprint density at radius 2 is 1.62 bits per heavy atom. The monoisotopic (exact) mass is 322 g/mol. The topological polar surface area (TPSA) is 49.4 Å². The molecule has 0 radical (unpaired) electrons. The molecule has 124 valence electrons. The molecule has 1 saturated heterocycles. The van der Waals surface area contributed by atoms with E-state index < -0.39 is 5.54 Å². The molecule has 1 N–H and O–H groups in total. The van der Waals surface area contributed by atoms with Crippen LogP contribution in [-0.2, 0) is 16.9 Å². The molecule has 1 fully saturated rings. The summed E-state index contributed by atoms with van der Waals surface area (Å²) in [6.45, 7) is 6.31. The number of nitrogens with zero attached hydrogens (tertiary/aromatic N) is 1. The fraction of sp³-hybridized carbons (Fsp3) is 0.300. The van der Waals surface area contributed by atoms with Crippen LogP contribution in [0, 0.1) is 0 Å². The van der Waals surface area contributed by atoms with Crippen LogP contribution in [0.2, 0.25) is 0 Å². The third-order valence-corrected chi connectivity index (χ3v) is 4.61. The maximum Gasteiger partial charge on any atom is 0.325 e. The van der Waals surface area contributed by atoms with Gasteiger partial charge in [0.25, 0.3) is 5.91 Å². The number of urea groups is 1. The lowest BCUT2D eigenvalue weighted by Gasteiger charge is -2.22. The molecule has 1 aliphatic rings. The Kier molecular flexibility index (Phi) is 4.14. The number of carbonyl (C=O) groups excluding carboxylic acids is 2. The number of benzene rings is 2. The largest absolute Gasteiger partial charge is 0.325 e. The summed E-state index contributed by atoms with van der Waals surface area (Å²) in [4.78, 5) is 26.5. The van der Waals surface area contributed by atoms with Gasteiger partial charge in [-0.2, -0.15) is 0 Å². The second-order valence-corrected chi connectivity index (χ2v) is 6.71. The van der Waals surface area contributed by atoms with Gasteiger partial charge in [0.2, 0.25) is 0 Å². The van der Waals surface area contributed by atoms with E-state index in [1.807, 2.05) is 42.5 Å². The Labute approximate surface area is 142 Å². The van der Waals surface area contributed by atoms with E-state index in [4.69, 9.17) is 0 Å². The number of imide groups is 1. The highest BCUT2D eigenvalue weighted by Crippen LogP contribution is 2.29. The highest BCUT2D eigenvalue weighted by atomic mass is 16.2. The van der Waals surface area contributed by atoms with Crippen molar-refractivity contribution in [1.82, 2.24) is 10.2 Å². The predicted octanol–water partition coefficient (Wildman–Crippen LogP) is 3.78. The van der Waals surface area contributed by atoms with Crippen molar-refractivity contribution < 1.29 is 9.59 Å². The van der Waals surface area contributed by atoms with Crippen molar-refractivity contribution >= 4 is 11.9 Å². The molecule has 0 unspecified atom stereocenters. The van der Waals surface area contributed by atoms with Crippen LogP contribution in [0.15, 0.2) is 54.6 Å². The maximum absolute atomic E-state index is 12.9. The molecule has 2 aromatic rings. The van der Waals surface area contributed by atoms with Crippen LogP contribution in [-0.4, -0.2) is 16.8 Å². The Balaban J connectivity index is 1.82. The molecule has 0 aromatic heterocycles. The van der Waals surface area contributed by atoms with Crippen molar-refractivity contribution in [2.45, 2.75) is 38.8 Å². The van der Waals surface area contributed by atoms with E-state index in [0.29, 0.717) is 5.92 Å². The van der Waals surface area contributed by atoms with Gasteiger partial charge in [0.15, 0.2) is 0 Å². The molecular weight excluding hydrogens is 300 g/mol. The summed E-state index contributed by atoms with van der Waals surface area (Å²) < 4.78 is 0. The molecule has 0 aliphatic carbocycles. The molecule has 0 saturated carbocycles. The first-order valence-electron chi connectivity index (χ1n) is 8.20. The van der Waals surface area contributed by atoms with Crippen LogP contribution in [0.1, 0.15) is 43.4 Å². The lowest BCUT2D eigenvalue weighted by molar-refractivity contribution is -0.131. The Morgan fingerprint density at radius 1 is 1.00 bits per heavy atom. The summed E-state index contributed by atoms with van der Waals surface area (Å²) in [5, 5.41) is 2.83. The van der Waals surface area contributed by atoms with Gasteiger partial charge in [0.05, 0.1) is 6.54 Å². The van der Waals surface area contributed by atoms with Gasteiger partial charge in [-0.05, 0) is 29.5 Å². The van der Waals surface area contributed by atoms with Crippen LogP contribution in [0.3, 0.4) is 0 Å². The molecule has 1 heterocycles. The molecule has 1 atom stereocenters. The second kappa shape index (κ2) is 6.11. The maximum atomic E-state index is 12.9. The van der Waals surface area contributed by atoms with E-state index in [2.05, 4.69) is 31.3 Å². The number of amides is 3. The molecule has 3 rings (SSSR count). The van der Waals surface area contributed by atoms with E-state index in [-0.39, 0.29) is 18.5 Å². The number of hydrogen-bond donors (Lipinski definition) is 1. The molecular formula is C20H22N2O2. The zero-order valence-corrected chi connectivity index (χ0v) is 14.2. The summed E-state index contributed by atoms with van der Waals surface area (Å²) in [5.41, 5.74) is 1.97. The third-order valence-electron chi connectivity index (χ3n) is 4.61. The average molecular weight is 322 g/mol. The Morgan fingerprint density at radius 3 is 2.21 bits per heavy atom.